The van der Waals surface area contributed by atoms with Crippen LogP contribution in [0.1, 0.15) is 43.4 Å². The van der Waals surface area contributed by atoms with E-state index in [1.165, 1.54) is 12.0 Å². The third-order valence-corrected chi connectivity index (χ3v) is 5.44. The molecule has 0 bridgehead atoms. The fourth-order valence-electron chi connectivity index (χ4n) is 4.23. The summed E-state index contributed by atoms with van der Waals surface area (Å²) in [5.74, 6) is 0.804. The van der Waals surface area contributed by atoms with Gasteiger partial charge in [0, 0.05) is 17.1 Å². The summed E-state index contributed by atoms with van der Waals surface area (Å²) in [6.45, 7) is 0. The number of aliphatic imine (C=N–C) groups is 1. The quantitative estimate of drug-likeness (QED) is 0.807. The molecule has 1 aliphatic carbocycles. The molecule has 0 saturated heterocycles. The fraction of sp³-hybridized carbons (Fsp3) is 0.350. The van der Waals surface area contributed by atoms with Gasteiger partial charge in [0.15, 0.2) is 0 Å². The lowest BCUT2D eigenvalue weighted by Gasteiger charge is -2.33. The van der Waals surface area contributed by atoms with Crippen molar-refractivity contribution in [3.05, 3.63) is 41.6 Å². The average molecular weight is 329 g/mol. The minimum atomic E-state index is -0.151. The van der Waals surface area contributed by atoms with Gasteiger partial charge in [-0.25, -0.2) is 0 Å². The van der Waals surface area contributed by atoms with E-state index in [0.717, 1.165) is 54.2 Å². The molecule has 1 aromatic heterocycles. The molecule has 1 saturated carbocycles. The number of nitrogens with one attached hydrogen (secondary N) is 2. The van der Waals surface area contributed by atoms with E-state index in [1.807, 2.05) is 18.3 Å². The lowest BCUT2D eigenvalue weighted by Crippen LogP contribution is -2.36. The van der Waals surface area contributed by atoms with Gasteiger partial charge in [-0.3, -0.25) is 0 Å². The number of hydrogen-bond donors (Lipinski definition) is 2. The Morgan fingerprint density at radius 2 is 1.92 bits per heavy atom. The number of aromatic nitrogens is 1. The second-order valence-electron chi connectivity index (χ2n) is 6.82. The zero-order chi connectivity index (χ0) is 17.3. The Bertz CT molecular complexity index is 916. The largest absolute Gasteiger partial charge is 0.358 e. The molecule has 5 heteroatoms. The van der Waals surface area contributed by atoms with Crippen LogP contribution >= 0.6 is 0 Å². The first kappa shape index (κ1) is 15.5. The molecule has 25 heavy (non-hydrogen) atoms. The van der Waals surface area contributed by atoms with Gasteiger partial charge in [-0.2, -0.15) is 15.5 Å². The van der Waals surface area contributed by atoms with Crippen molar-refractivity contribution in [1.82, 2.24) is 4.98 Å². The predicted molar refractivity (Wildman–Crippen MR) is 97.0 cm³/mol. The van der Waals surface area contributed by atoms with Gasteiger partial charge in [0.25, 0.3) is 0 Å². The molecule has 0 radical (unpaired) electrons. The first-order valence-corrected chi connectivity index (χ1v) is 8.71. The smallest absolute Gasteiger partial charge is 0.207 e. The van der Waals surface area contributed by atoms with Crippen molar-refractivity contribution < 1.29 is 0 Å². The molecule has 1 spiro atoms. The molecular formula is C20H19N5. The van der Waals surface area contributed by atoms with Gasteiger partial charge >= 0.3 is 0 Å². The summed E-state index contributed by atoms with van der Waals surface area (Å²) in [5, 5.41) is 21.3. The third kappa shape index (κ3) is 2.49. The second-order valence-corrected chi connectivity index (χ2v) is 6.82. The number of amidine groups is 1. The van der Waals surface area contributed by atoms with Crippen molar-refractivity contribution in [2.24, 2.45) is 4.99 Å². The summed E-state index contributed by atoms with van der Waals surface area (Å²) < 4.78 is 0. The number of nitrogens with zero attached hydrogens (tertiary/aromatic N) is 3. The van der Waals surface area contributed by atoms with Crippen LogP contribution in [0.2, 0.25) is 0 Å². The molecule has 1 aliphatic heterocycles. The Morgan fingerprint density at radius 1 is 1.08 bits per heavy atom. The first-order chi connectivity index (χ1) is 12.3. The molecular weight excluding hydrogens is 310 g/mol. The van der Waals surface area contributed by atoms with Crippen molar-refractivity contribution in [2.75, 3.05) is 5.32 Å². The number of rotatable bonds is 2. The lowest BCUT2D eigenvalue weighted by atomic mass is 9.69. The summed E-state index contributed by atoms with van der Waals surface area (Å²) in [7, 11) is 0. The highest BCUT2D eigenvalue weighted by molar-refractivity contribution is 6.10. The molecule has 4 rings (SSSR count). The molecule has 1 aromatic carbocycles. The van der Waals surface area contributed by atoms with E-state index in [2.05, 4.69) is 39.6 Å². The van der Waals surface area contributed by atoms with Crippen LogP contribution in [-0.4, -0.2) is 10.8 Å². The number of fused-ring (bicyclic) bond motifs is 2. The van der Waals surface area contributed by atoms with Crippen molar-refractivity contribution in [2.45, 2.75) is 43.9 Å². The highest BCUT2D eigenvalue weighted by atomic mass is 15.1. The van der Waals surface area contributed by atoms with Gasteiger partial charge in [-0.15, -0.1) is 0 Å². The molecule has 2 N–H and O–H groups in total. The van der Waals surface area contributed by atoms with Crippen LogP contribution < -0.4 is 5.32 Å². The van der Waals surface area contributed by atoms with E-state index in [-0.39, 0.29) is 5.41 Å². The van der Waals surface area contributed by atoms with Crippen LogP contribution in [0.3, 0.4) is 0 Å². The SMILES string of the molecule is N#CCc1ccc(-c2ccc3c(c2)C2(CCCCC2)C(=NC#N)N3)[nH]1. The Morgan fingerprint density at radius 3 is 2.68 bits per heavy atom. The van der Waals surface area contributed by atoms with Crippen LogP contribution in [-0.2, 0) is 11.8 Å². The summed E-state index contributed by atoms with van der Waals surface area (Å²) >= 11 is 0. The molecule has 1 fully saturated rings. The molecule has 5 nitrogen and oxygen atoms in total. The number of hydrogen-bond acceptors (Lipinski definition) is 3. The number of nitriles is 2. The van der Waals surface area contributed by atoms with Gasteiger partial charge in [-0.1, -0.05) is 25.3 Å². The third-order valence-electron chi connectivity index (χ3n) is 5.44. The minimum absolute atomic E-state index is 0.151. The number of aromatic amines is 1. The van der Waals surface area contributed by atoms with E-state index in [4.69, 9.17) is 10.5 Å². The van der Waals surface area contributed by atoms with E-state index >= 15 is 0 Å². The van der Waals surface area contributed by atoms with E-state index in [9.17, 15) is 0 Å². The molecule has 2 heterocycles. The fourth-order valence-corrected chi connectivity index (χ4v) is 4.23. The van der Waals surface area contributed by atoms with Gasteiger partial charge in [-0.05, 0) is 48.2 Å². The standard InChI is InChI=1S/C20H19N5/c21-11-8-15-5-7-17(24-15)14-4-6-18-16(12-14)20(9-2-1-3-10-20)19(25-18)23-13-22/h4-7,12,24H,1-3,8-10H2,(H,23,25). The summed E-state index contributed by atoms with van der Waals surface area (Å²) in [4.78, 5) is 7.44. The Balaban J connectivity index is 1.78. The minimum Gasteiger partial charge on any atom is -0.358 e. The summed E-state index contributed by atoms with van der Waals surface area (Å²) in [5.41, 5.74) is 5.20. The zero-order valence-corrected chi connectivity index (χ0v) is 14.0. The molecule has 2 aromatic rings. The Labute approximate surface area is 147 Å². The Hall–Kier alpha value is -3.05. The number of benzene rings is 1. The molecule has 2 aliphatic rings. The van der Waals surface area contributed by atoms with Gasteiger partial charge in [0.2, 0.25) is 6.19 Å². The van der Waals surface area contributed by atoms with Crippen molar-refractivity contribution >= 4 is 11.5 Å². The summed E-state index contributed by atoms with van der Waals surface area (Å²) in [6, 6.07) is 12.5. The van der Waals surface area contributed by atoms with Crippen LogP contribution in [0, 0.1) is 22.8 Å². The monoisotopic (exact) mass is 329 g/mol. The maximum atomic E-state index is 9.10. The first-order valence-electron chi connectivity index (χ1n) is 8.71. The molecule has 0 atom stereocenters. The van der Waals surface area contributed by atoms with E-state index in [1.54, 1.807) is 0 Å². The molecule has 124 valence electrons. The highest BCUT2D eigenvalue weighted by Gasteiger charge is 2.45. The zero-order valence-electron chi connectivity index (χ0n) is 14.0. The second kappa shape index (κ2) is 6.11. The molecule has 0 unspecified atom stereocenters. The topological polar surface area (TPSA) is 87.8 Å². The normalized spacial score (nSPS) is 19.2. The van der Waals surface area contributed by atoms with Gasteiger partial charge in [0.05, 0.1) is 17.9 Å². The van der Waals surface area contributed by atoms with Crippen molar-refractivity contribution in [3.63, 3.8) is 0 Å². The number of anilines is 1. The van der Waals surface area contributed by atoms with E-state index in [0.29, 0.717) is 6.42 Å². The lowest BCUT2D eigenvalue weighted by molar-refractivity contribution is 0.386. The van der Waals surface area contributed by atoms with Gasteiger partial charge < -0.3 is 10.3 Å². The molecule has 0 amide bonds. The highest BCUT2D eigenvalue weighted by Crippen LogP contribution is 2.48. The maximum Gasteiger partial charge on any atom is 0.207 e. The predicted octanol–water partition coefficient (Wildman–Crippen LogP) is 4.25. The average Bonchev–Trinajstić information content (AvgIpc) is 3.21. The summed E-state index contributed by atoms with van der Waals surface area (Å²) in [6.07, 6.45) is 7.97. The van der Waals surface area contributed by atoms with Gasteiger partial charge in [0.1, 0.15) is 5.84 Å². The maximum absolute atomic E-state index is 9.10. The van der Waals surface area contributed by atoms with Crippen LogP contribution in [0.25, 0.3) is 11.3 Å². The van der Waals surface area contributed by atoms with Crippen LogP contribution in [0.15, 0.2) is 35.3 Å². The Kier molecular flexibility index (Phi) is 3.78. The van der Waals surface area contributed by atoms with Crippen LogP contribution in [0.5, 0.6) is 0 Å². The van der Waals surface area contributed by atoms with Crippen molar-refractivity contribution in [3.8, 4) is 23.5 Å². The van der Waals surface area contributed by atoms with Crippen molar-refractivity contribution in [1.29, 1.82) is 10.5 Å². The van der Waals surface area contributed by atoms with Crippen LogP contribution in [0.4, 0.5) is 5.69 Å². The number of H-pyrrole nitrogens is 1. The van der Waals surface area contributed by atoms with E-state index < -0.39 is 0 Å².